The van der Waals surface area contributed by atoms with Gasteiger partial charge in [-0.05, 0) is 42.8 Å². The van der Waals surface area contributed by atoms with Crippen LogP contribution in [0.4, 0.5) is 5.69 Å². The highest BCUT2D eigenvalue weighted by Crippen LogP contribution is 2.17. The molecule has 0 aliphatic carbocycles. The third kappa shape index (κ3) is 5.89. The standard InChI is InChI=1S/C19H19ClN2O4/c1-12(14-5-3-7-16(20)9-14)21-18(24)11-26-19(25)15-6-4-8-17(10-15)22-13(2)23/h3-10,12H,11H2,1-2H3,(H,21,24)(H,22,23)/t12-/m1/s1. The molecule has 1 atom stereocenters. The maximum absolute atomic E-state index is 12.1. The Balaban J connectivity index is 1.88. The highest BCUT2D eigenvalue weighted by molar-refractivity contribution is 6.30. The lowest BCUT2D eigenvalue weighted by molar-refractivity contribution is -0.124. The summed E-state index contributed by atoms with van der Waals surface area (Å²) in [6.07, 6.45) is 0. The second-order valence-corrected chi connectivity index (χ2v) is 6.12. The lowest BCUT2D eigenvalue weighted by Gasteiger charge is -2.14. The summed E-state index contributed by atoms with van der Waals surface area (Å²) in [5.41, 5.74) is 1.57. The maximum atomic E-state index is 12.1. The SMILES string of the molecule is CC(=O)Nc1cccc(C(=O)OCC(=O)N[C@H](C)c2cccc(Cl)c2)c1. The van der Waals surface area contributed by atoms with E-state index in [1.807, 2.05) is 13.0 Å². The van der Waals surface area contributed by atoms with E-state index in [0.717, 1.165) is 5.56 Å². The van der Waals surface area contributed by atoms with Crippen molar-refractivity contribution in [3.8, 4) is 0 Å². The van der Waals surface area contributed by atoms with Gasteiger partial charge in [-0.25, -0.2) is 4.79 Å². The van der Waals surface area contributed by atoms with E-state index in [1.165, 1.54) is 13.0 Å². The molecule has 0 aliphatic rings. The Morgan fingerprint density at radius 1 is 1.12 bits per heavy atom. The van der Waals surface area contributed by atoms with Gasteiger partial charge in [0.1, 0.15) is 0 Å². The van der Waals surface area contributed by atoms with Gasteiger partial charge in [-0.1, -0.05) is 29.8 Å². The first kappa shape index (κ1) is 19.5. The summed E-state index contributed by atoms with van der Waals surface area (Å²) >= 11 is 5.93. The monoisotopic (exact) mass is 374 g/mol. The van der Waals surface area contributed by atoms with Gasteiger partial charge >= 0.3 is 5.97 Å². The van der Waals surface area contributed by atoms with Gasteiger partial charge in [-0.2, -0.15) is 0 Å². The molecule has 136 valence electrons. The molecule has 2 rings (SSSR count). The fourth-order valence-corrected chi connectivity index (χ4v) is 2.48. The zero-order chi connectivity index (χ0) is 19.1. The van der Waals surface area contributed by atoms with Crippen LogP contribution < -0.4 is 10.6 Å². The van der Waals surface area contributed by atoms with Crippen LogP contribution >= 0.6 is 11.6 Å². The molecule has 0 unspecified atom stereocenters. The van der Waals surface area contributed by atoms with E-state index in [9.17, 15) is 14.4 Å². The number of carbonyl (C=O) groups is 3. The molecule has 0 heterocycles. The maximum Gasteiger partial charge on any atom is 0.338 e. The van der Waals surface area contributed by atoms with Gasteiger partial charge in [-0.3, -0.25) is 9.59 Å². The van der Waals surface area contributed by atoms with Crippen LogP contribution in [0, 0.1) is 0 Å². The summed E-state index contributed by atoms with van der Waals surface area (Å²) in [5.74, 6) is -1.32. The molecule has 6 nitrogen and oxygen atoms in total. The Kier molecular flexibility index (Phi) is 6.74. The number of anilines is 1. The van der Waals surface area contributed by atoms with Gasteiger partial charge in [0.2, 0.25) is 5.91 Å². The fraction of sp³-hybridized carbons (Fsp3) is 0.211. The van der Waals surface area contributed by atoms with Crippen LogP contribution in [0.15, 0.2) is 48.5 Å². The summed E-state index contributed by atoms with van der Waals surface area (Å²) < 4.78 is 5.02. The molecule has 2 N–H and O–H groups in total. The van der Waals surface area contributed by atoms with E-state index in [0.29, 0.717) is 10.7 Å². The molecule has 0 bridgehead atoms. The average molecular weight is 375 g/mol. The molecular formula is C19H19ClN2O4. The number of esters is 1. The van der Waals surface area contributed by atoms with Crippen molar-refractivity contribution in [3.63, 3.8) is 0 Å². The first-order chi connectivity index (χ1) is 12.3. The topological polar surface area (TPSA) is 84.5 Å². The van der Waals surface area contributed by atoms with E-state index in [1.54, 1.807) is 36.4 Å². The predicted molar refractivity (Wildman–Crippen MR) is 99.0 cm³/mol. The van der Waals surface area contributed by atoms with Crippen LogP contribution in [-0.4, -0.2) is 24.4 Å². The highest BCUT2D eigenvalue weighted by Gasteiger charge is 2.14. The fourth-order valence-electron chi connectivity index (χ4n) is 2.28. The molecule has 0 saturated heterocycles. The molecule has 2 aromatic carbocycles. The Morgan fingerprint density at radius 2 is 1.85 bits per heavy atom. The number of amides is 2. The lowest BCUT2D eigenvalue weighted by atomic mass is 10.1. The molecule has 0 radical (unpaired) electrons. The Labute approximate surface area is 156 Å². The number of ether oxygens (including phenoxy) is 1. The van der Waals surface area contributed by atoms with Crippen molar-refractivity contribution < 1.29 is 19.1 Å². The van der Waals surface area contributed by atoms with Gasteiger partial charge in [0.05, 0.1) is 11.6 Å². The van der Waals surface area contributed by atoms with Crippen molar-refractivity contribution in [2.45, 2.75) is 19.9 Å². The molecule has 2 amide bonds. The molecule has 0 spiro atoms. The minimum absolute atomic E-state index is 0.243. The number of nitrogens with one attached hydrogen (secondary N) is 2. The van der Waals surface area contributed by atoms with Crippen molar-refractivity contribution >= 4 is 35.1 Å². The molecule has 0 aliphatic heterocycles. The van der Waals surface area contributed by atoms with Crippen LogP contribution in [0.2, 0.25) is 5.02 Å². The van der Waals surface area contributed by atoms with Crippen LogP contribution in [0.25, 0.3) is 0 Å². The highest BCUT2D eigenvalue weighted by atomic mass is 35.5. The zero-order valence-corrected chi connectivity index (χ0v) is 15.2. The second-order valence-electron chi connectivity index (χ2n) is 5.68. The van der Waals surface area contributed by atoms with Crippen LogP contribution in [0.3, 0.4) is 0 Å². The third-order valence-corrected chi connectivity index (χ3v) is 3.71. The number of carbonyl (C=O) groups excluding carboxylic acids is 3. The number of hydrogen-bond donors (Lipinski definition) is 2. The minimum atomic E-state index is -0.650. The molecule has 0 fully saturated rings. The molecule has 2 aromatic rings. The van der Waals surface area contributed by atoms with E-state index >= 15 is 0 Å². The molecule has 0 aromatic heterocycles. The van der Waals surface area contributed by atoms with E-state index < -0.39 is 18.5 Å². The van der Waals surface area contributed by atoms with Gasteiger partial charge < -0.3 is 15.4 Å². The predicted octanol–water partition coefficient (Wildman–Crippen LogP) is 3.33. The number of benzene rings is 2. The molecule has 0 saturated carbocycles. The quantitative estimate of drug-likeness (QED) is 0.759. The van der Waals surface area contributed by atoms with Crippen LogP contribution in [-0.2, 0) is 14.3 Å². The van der Waals surface area contributed by atoms with Crippen molar-refractivity contribution in [2.24, 2.45) is 0 Å². The summed E-state index contributed by atoms with van der Waals surface area (Å²) in [4.78, 5) is 35.1. The van der Waals surface area contributed by atoms with Crippen molar-refractivity contribution in [2.75, 3.05) is 11.9 Å². The first-order valence-corrected chi connectivity index (χ1v) is 8.32. The van der Waals surface area contributed by atoms with Gasteiger partial charge in [0.25, 0.3) is 5.91 Å². The summed E-state index contributed by atoms with van der Waals surface area (Å²) in [6.45, 7) is 2.77. The number of hydrogen-bond acceptors (Lipinski definition) is 4. The summed E-state index contributed by atoms with van der Waals surface area (Å²) in [6, 6.07) is 13.2. The molecular weight excluding hydrogens is 356 g/mol. The Hall–Kier alpha value is -2.86. The smallest absolute Gasteiger partial charge is 0.338 e. The van der Waals surface area contributed by atoms with Gasteiger partial charge in [0, 0.05) is 17.6 Å². The third-order valence-electron chi connectivity index (χ3n) is 3.48. The minimum Gasteiger partial charge on any atom is -0.452 e. The Morgan fingerprint density at radius 3 is 2.54 bits per heavy atom. The Bertz CT molecular complexity index is 823. The lowest BCUT2D eigenvalue weighted by Crippen LogP contribution is -2.31. The largest absolute Gasteiger partial charge is 0.452 e. The van der Waals surface area contributed by atoms with Crippen LogP contribution in [0.1, 0.15) is 35.8 Å². The number of rotatable bonds is 6. The van der Waals surface area contributed by atoms with E-state index in [-0.39, 0.29) is 17.5 Å². The molecule has 7 heteroatoms. The van der Waals surface area contributed by atoms with E-state index in [4.69, 9.17) is 16.3 Å². The summed E-state index contributed by atoms with van der Waals surface area (Å²) in [5, 5.41) is 5.89. The van der Waals surface area contributed by atoms with E-state index in [2.05, 4.69) is 10.6 Å². The second kappa shape index (κ2) is 9.01. The number of halogens is 1. The summed E-state index contributed by atoms with van der Waals surface area (Å²) in [7, 11) is 0. The van der Waals surface area contributed by atoms with Crippen LogP contribution in [0.5, 0.6) is 0 Å². The first-order valence-electron chi connectivity index (χ1n) is 7.95. The van der Waals surface area contributed by atoms with Crippen molar-refractivity contribution in [1.29, 1.82) is 0 Å². The van der Waals surface area contributed by atoms with Crippen molar-refractivity contribution in [3.05, 3.63) is 64.7 Å². The molecule has 26 heavy (non-hydrogen) atoms. The zero-order valence-electron chi connectivity index (χ0n) is 14.4. The average Bonchev–Trinajstić information content (AvgIpc) is 2.59. The van der Waals surface area contributed by atoms with Crippen molar-refractivity contribution in [1.82, 2.24) is 5.32 Å². The van der Waals surface area contributed by atoms with Gasteiger partial charge in [0.15, 0.2) is 6.61 Å². The van der Waals surface area contributed by atoms with Gasteiger partial charge in [-0.15, -0.1) is 0 Å². The normalized spacial score (nSPS) is 11.3.